The van der Waals surface area contributed by atoms with Crippen molar-refractivity contribution in [2.45, 2.75) is 31.1 Å². The van der Waals surface area contributed by atoms with Gasteiger partial charge in [0.25, 0.3) is 11.8 Å². The molecule has 3 fully saturated rings. The van der Waals surface area contributed by atoms with Crippen molar-refractivity contribution >= 4 is 56.9 Å². The second kappa shape index (κ2) is 13.4. The zero-order valence-corrected chi connectivity index (χ0v) is 32.5. The van der Waals surface area contributed by atoms with Crippen LogP contribution in [0.2, 0.25) is 0 Å². The van der Waals surface area contributed by atoms with Crippen molar-refractivity contribution in [3.05, 3.63) is 168 Å². The van der Waals surface area contributed by atoms with E-state index in [0.29, 0.717) is 39.5 Å². The highest BCUT2D eigenvalue weighted by atomic mass is 16.3. The summed E-state index contributed by atoms with van der Waals surface area (Å²) in [6.07, 6.45) is 2.41. The highest BCUT2D eigenvalue weighted by Gasteiger charge is 2.71. The molecule has 60 heavy (non-hydrogen) atoms. The number of oxazole rings is 1. The molecule has 0 bridgehead atoms. The number of imide groups is 2. The van der Waals surface area contributed by atoms with Gasteiger partial charge in [0.1, 0.15) is 11.3 Å². The van der Waals surface area contributed by atoms with Crippen LogP contribution in [0.15, 0.2) is 156 Å². The van der Waals surface area contributed by atoms with Crippen LogP contribution >= 0.6 is 0 Å². The molecule has 4 amide bonds. The number of phenolic OH excluding ortho intramolecular Hbond substituents is 1. The molecule has 2 saturated heterocycles. The Bertz CT molecular complexity index is 2920. The van der Waals surface area contributed by atoms with Crippen LogP contribution in [0.3, 0.4) is 0 Å². The zero-order chi connectivity index (χ0) is 40.9. The van der Waals surface area contributed by atoms with Gasteiger partial charge in [-0.1, -0.05) is 102 Å². The fourth-order valence-corrected chi connectivity index (χ4v) is 10.7. The first kappa shape index (κ1) is 35.8. The van der Waals surface area contributed by atoms with Gasteiger partial charge in [0.2, 0.25) is 17.7 Å². The number of fused-ring (bicyclic) bond motifs is 6. The number of hydrogen-bond donors (Lipinski definition) is 2. The lowest BCUT2D eigenvalue weighted by Crippen LogP contribution is -2.53. The Balaban J connectivity index is 1.05. The molecule has 3 heterocycles. The quantitative estimate of drug-likeness (QED) is 0.126. The van der Waals surface area contributed by atoms with E-state index in [0.717, 1.165) is 32.4 Å². The molecule has 294 valence electrons. The summed E-state index contributed by atoms with van der Waals surface area (Å²) in [6, 6.07) is 42.5. The number of rotatable bonds is 6. The van der Waals surface area contributed by atoms with Crippen LogP contribution in [-0.4, -0.2) is 38.7 Å². The summed E-state index contributed by atoms with van der Waals surface area (Å²) in [4.78, 5) is 66.0. The number of allylic oxidation sites excluding steroid dienone is 2. The molecule has 1 saturated carbocycles. The third-order valence-corrected chi connectivity index (χ3v) is 13.3. The van der Waals surface area contributed by atoms with Crippen molar-refractivity contribution in [3.63, 3.8) is 0 Å². The van der Waals surface area contributed by atoms with E-state index in [1.165, 1.54) is 4.90 Å². The Morgan fingerprint density at radius 2 is 1.48 bits per heavy atom. The summed E-state index contributed by atoms with van der Waals surface area (Å²) in [5.74, 6) is -5.03. The third kappa shape index (κ3) is 5.09. The Kier molecular flexibility index (Phi) is 7.97. The van der Waals surface area contributed by atoms with Crippen molar-refractivity contribution in [3.8, 4) is 17.2 Å². The first-order valence-corrected chi connectivity index (χ1v) is 20.3. The second-order valence-electron chi connectivity index (χ2n) is 16.4. The molecule has 6 unspecified atom stereocenters. The van der Waals surface area contributed by atoms with Gasteiger partial charge in [-0.2, -0.15) is 5.01 Å². The van der Waals surface area contributed by atoms with Crippen LogP contribution in [0.5, 0.6) is 5.75 Å². The summed E-state index contributed by atoms with van der Waals surface area (Å²) in [6.45, 7) is 1.96. The van der Waals surface area contributed by atoms with Gasteiger partial charge in [0.15, 0.2) is 5.58 Å². The molecular weight excluding hydrogens is 753 g/mol. The van der Waals surface area contributed by atoms with Crippen molar-refractivity contribution in [1.29, 1.82) is 0 Å². The highest BCUT2D eigenvalue weighted by molar-refractivity contribution is 6.22. The molecule has 0 spiro atoms. The van der Waals surface area contributed by atoms with Gasteiger partial charge in [-0.05, 0) is 96.6 Å². The van der Waals surface area contributed by atoms with Gasteiger partial charge >= 0.3 is 0 Å². The lowest BCUT2D eigenvalue weighted by atomic mass is 9.48. The van der Waals surface area contributed by atoms with Gasteiger partial charge in [-0.3, -0.25) is 29.5 Å². The number of aromatic nitrogens is 1. The first-order chi connectivity index (χ1) is 29.2. The molecule has 4 aliphatic rings. The van der Waals surface area contributed by atoms with Crippen LogP contribution in [0.25, 0.3) is 33.3 Å². The number of hydrogen-bond acceptors (Lipinski definition) is 8. The van der Waals surface area contributed by atoms with Crippen molar-refractivity contribution in [2.24, 2.45) is 23.7 Å². The second-order valence-corrected chi connectivity index (χ2v) is 16.4. The molecule has 7 aromatic rings. The number of aryl methyl sites for hydroxylation is 1. The van der Waals surface area contributed by atoms with Gasteiger partial charge in [-0.25, -0.2) is 4.98 Å². The minimum atomic E-state index is -1.52. The van der Waals surface area contributed by atoms with Crippen molar-refractivity contribution < 1.29 is 28.7 Å². The highest BCUT2D eigenvalue weighted by Crippen LogP contribution is 2.65. The SMILES string of the molecule is Cc1ccc(NN2C(=O)C3CC4C(=CCC5C(=O)N(c6ccc(-c7nc8ccccc8o7)cc6)C(=O)C54)C(c4c(O)ccc5ccccc45)C3(c3ccccc3)C2=O)cc1. The number of nitrogens with zero attached hydrogens (tertiary/aromatic N) is 3. The average Bonchev–Trinajstić information content (AvgIpc) is 3.89. The van der Waals surface area contributed by atoms with E-state index in [2.05, 4.69) is 10.4 Å². The number of benzene rings is 6. The molecule has 0 radical (unpaired) electrons. The van der Waals surface area contributed by atoms with E-state index in [1.54, 1.807) is 30.3 Å². The van der Waals surface area contributed by atoms with Crippen LogP contribution in [0.1, 0.15) is 35.4 Å². The Labute approximate surface area is 344 Å². The predicted octanol–water partition coefficient (Wildman–Crippen LogP) is 8.85. The third-order valence-electron chi connectivity index (χ3n) is 13.3. The molecule has 1 aromatic heterocycles. The van der Waals surface area contributed by atoms with E-state index < -0.39 is 46.8 Å². The van der Waals surface area contributed by atoms with E-state index in [1.807, 2.05) is 122 Å². The Hall–Kier alpha value is -7.33. The summed E-state index contributed by atoms with van der Waals surface area (Å²) in [7, 11) is 0. The van der Waals surface area contributed by atoms with Crippen LogP contribution < -0.4 is 10.3 Å². The van der Waals surface area contributed by atoms with Crippen molar-refractivity contribution in [1.82, 2.24) is 9.99 Å². The molecule has 6 atom stereocenters. The summed E-state index contributed by atoms with van der Waals surface area (Å²) in [5.41, 5.74) is 7.66. The van der Waals surface area contributed by atoms with Crippen LogP contribution in [-0.2, 0) is 24.6 Å². The number of carbonyl (C=O) groups excluding carboxylic acids is 4. The molecule has 2 aliphatic carbocycles. The van der Waals surface area contributed by atoms with Crippen LogP contribution in [0.4, 0.5) is 11.4 Å². The standard InChI is InChI=1S/C50H38N4O6/c1-28-15-20-32(21-16-28)52-54-47(57)38-27-37-35(44(50(38,49(54)59)31-10-3-2-4-11-31)43-34-12-6-5-9-29(34)19-26-40(43)55)24-25-36-42(37)48(58)53(46(36)56)33-22-17-30(18-23-33)45-51-39-13-7-8-14-41(39)60-45/h2-24,26,36-38,42,44,52,55H,25,27H2,1H3. The first-order valence-electron chi connectivity index (χ1n) is 20.3. The number of amides is 4. The fraction of sp³-hybridized carbons (Fsp3) is 0.180. The molecule has 2 aliphatic heterocycles. The van der Waals surface area contributed by atoms with Gasteiger partial charge in [-0.15, -0.1) is 0 Å². The van der Waals surface area contributed by atoms with E-state index in [-0.39, 0.29) is 30.4 Å². The summed E-state index contributed by atoms with van der Waals surface area (Å²) < 4.78 is 5.97. The maximum Gasteiger partial charge on any atom is 0.260 e. The monoisotopic (exact) mass is 790 g/mol. The Morgan fingerprint density at radius 3 is 2.27 bits per heavy atom. The number of carbonyl (C=O) groups is 4. The van der Waals surface area contributed by atoms with E-state index in [4.69, 9.17) is 4.42 Å². The predicted molar refractivity (Wildman–Crippen MR) is 226 cm³/mol. The number of nitrogens with one attached hydrogen (secondary N) is 1. The number of hydrazine groups is 1. The minimum Gasteiger partial charge on any atom is -0.508 e. The van der Waals surface area contributed by atoms with Gasteiger partial charge in [0, 0.05) is 17.0 Å². The number of anilines is 2. The van der Waals surface area contributed by atoms with Gasteiger partial charge < -0.3 is 9.52 Å². The van der Waals surface area contributed by atoms with Gasteiger partial charge in [0.05, 0.1) is 34.5 Å². The average molecular weight is 791 g/mol. The topological polar surface area (TPSA) is 133 Å². The van der Waals surface area contributed by atoms with Crippen LogP contribution in [0, 0.1) is 30.6 Å². The molecule has 2 N–H and O–H groups in total. The minimum absolute atomic E-state index is 0.0175. The van der Waals surface area contributed by atoms with E-state index in [9.17, 15) is 14.7 Å². The lowest BCUT2D eigenvalue weighted by molar-refractivity contribution is -0.138. The normalized spacial score (nSPS) is 24.8. The lowest BCUT2D eigenvalue weighted by Gasteiger charge is -2.51. The zero-order valence-electron chi connectivity index (χ0n) is 32.5. The Morgan fingerprint density at radius 1 is 0.750 bits per heavy atom. The summed E-state index contributed by atoms with van der Waals surface area (Å²) in [5, 5.41) is 14.8. The molecule has 11 rings (SSSR count). The molecule has 6 aromatic carbocycles. The molecular formula is C50H38N4O6. The van der Waals surface area contributed by atoms with E-state index >= 15 is 9.59 Å². The number of phenols is 1. The maximum absolute atomic E-state index is 15.6. The van der Waals surface area contributed by atoms with Crippen molar-refractivity contribution in [2.75, 3.05) is 10.3 Å². The largest absolute Gasteiger partial charge is 0.508 e. The smallest absolute Gasteiger partial charge is 0.260 e. The molecule has 10 heteroatoms. The maximum atomic E-state index is 15.6. The fourth-order valence-electron chi connectivity index (χ4n) is 10.7. The number of para-hydroxylation sites is 2. The number of aromatic hydroxyl groups is 1. The summed E-state index contributed by atoms with van der Waals surface area (Å²) >= 11 is 0. The molecule has 10 nitrogen and oxygen atoms in total.